The van der Waals surface area contributed by atoms with Crippen molar-refractivity contribution in [2.24, 2.45) is 5.41 Å². The van der Waals surface area contributed by atoms with Crippen molar-refractivity contribution in [3.63, 3.8) is 0 Å². The van der Waals surface area contributed by atoms with Crippen molar-refractivity contribution >= 4 is 6.29 Å². The summed E-state index contributed by atoms with van der Waals surface area (Å²) < 4.78 is 0. The number of benzene rings is 1. The summed E-state index contributed by atoms with van der Waals surface area (Å²) in [7, 11) is 0. The highest BCUT2D eigenvalue weighted by Gasteiger charge is 2.33. The molecule has 1 saturated carbocycles. The van der Waals surface area contributed by atoms with Crippen LogP contribution in [-0.2, 0) is 11.3 Å². The average molecular weight is 259 g/mol. The molecule has 0 amide bonds. The topological polar surface area (TPSA) is 20.3 Å². The number of rotatable bonds is 6. The van der Waals surface area contributed by atoms with Crippen molar-refractivity contribution in [2.45, 2.75) is 45.6 Å². The first-order valence-electron chi connectivity index (χ1n) is 7.51. The van der Waals surface area contributed by atoms with Crippen molar-refractivity contribution in [2.75, 3.05) is 13.1 Å². The Morgan fingerprint density at radius 2 is 1.84 bits per heavy atom. The molecule has 1 aliphatic carbocycles. The molecule has 104 valence electrons. The van der Waals surface area contributed by atoms with Crippen LogP contribution in [0.25, 0.3) is 0 Å². The Hall–Kier alpha value is -1.15. The number of hydrogen-bond acceptors (Lipinski definition) is 2. The summed E-state index contributed by atoms with van der Waals surface area (Å²) in [5.41, 5.74) is 1.25. The predicted octanol–water partition coefficient (Wildman–Crippen LogP) is 3.66. The van der Waals surface area contributed by atoms with Gasteiger partial charge in [-0.25, -0.2) is 0 Å². The first-order chi connectivity index (χ1) is 9.28. The van der Waals surface area contributed by atoms with Gasteiger partial charge in [0.25, 0.3) is 0 Å². The SMILES string of the molecule is CCN(Cc1ccccc1)CC1(C=O)CCCCC1. The number of carbonyl (C=O) groups is 1. The lowest BCUT2D eigenvalue weighted by Gasteiger charge is -2.36. The maximum absolute atomic E-state index is 11.6. The fraction of sp³-hybridized carbons (Fsp3) is 0.588. The van der Waals surface area contributed by atoms with Crippen LogP contribution in [0.4, 0.5) is 0 Å². The fourth-order valence-electron chi connectivity index (χ4n) is 3.14. The molecule has 2 nitrogen and oxygen atoms in total. The summed E-state index contributed by atoms with van der Waals surface area (Å²) in [6, 6.07) is 10.5. The molecule has 1 aromatic carbocycles. The van der Waals surface area contributed by atoms with Crippen LogP contribution in [0.1, 0.15) is 44.6 Å². The van der Waals surface area contributed by atoms with E-state index in [1.807, 2.05) is 6.07 Å². The van der Waals surface area contributed by atoms with E-state index in [2.05, 4.69) is 36.1 Å². The largest absolute Gasteiger partial charge is 0.303 e. The monoisotopic (exact) mass is 259 g/mol. The second-order valence-corrected chi connectivity index (χ2v) is 5.83. The Bertz CT molecular complexity index is 382. The molecule has 1 aliphatic rings. The molecule has 0 radical (unpaired) electrons. The lowest BCUT2D eigenvalue weighted by Crippen LogP contribution is -2.40. The van der Waals surface area contributed by atoms with E-state index in [1.54, 1.807) is 0 Å². The van der Waals surface area contributed by atoms with Crippen LogP contribution in [-0.4, -0.2) is 24.3 Å². The first-order valence-corrected chi connectivity index (χ1v) is 7.51. The summed E-state index contributed by atoms with van der Waals surface area (Å²) in [4.78, 5) is 14.0. The van der Waals surface area contributed by atoms with Gasteiger partial charge in [-0.05, 0) is 24.9 Å². The van der Waals surface area contributed by atoms with Crippen LogP contribution < -0.4 is 0 Å². The summed E-state index contributed by atoms with van der Waals surface area (Å²) in [5.74, 6) is 0. The third-order valence-electron chi connectivity index (χ3n) is 4.33. The van der Waals surface area contributed by atoms with Crippen molar-refractivity contribution < 1.29 is 4.79 Å². The molecule has 0 aliphatic heterocycles. The Labute approximate surface area is 116 Å². The van der Waals surface area contributed by atoms with Crippen LogP contribution in [0.2, 0.25) is 0 Å². The van der Waals surface area contributed by atoms with E-state index in [0.29, 0.717) is 0 Å². The third kappa shape index (κ3) is 3.90. The zero-order valence-electron chi connectivity index (χ0n) is 12.0. The molecule has 0 atom stereocenters. The van der Waals surface area contributed by atoms with E-state index in [0.717, 1.165) is 32.5 Å². The van der Waals surface area contributed by atoms with Crippen LogP contribution in [0, 0.1) is 5.41 Å². The van der Waals surface area contributed by atoms with Gasteiger partial charge in [0.05, 0.1) is 0 Å². The van der Waals surface area contributed by atoms with Gasteiger partial charge in [-0.3, -0.25) is 4.90 Å². The highest BCUT2D eigenvalue weighted by molar-refractivity contribution is 5.60. The zero-order chi connectivity index (χ0) is 13.6. The molecule has 0 bridgehead atoms. The summed E-state index contributed by atoms with van der Waals surface area (Å²) in [6.45, 7) is 5.06. The van der Waals surface area contributed by atoms with Crippen LogP contribution >= 0.6 is 0 Å². The van der Waals surface area contributed by atoms with Crippen LogP contribution in [0.15, 0.2) is 30.3 Å². The van der Waals surface area contributed by atoms with E-state index in [-0.39, 0.29) is 5.41 Å². The molecule has 0 aromatic heterocycles. The highest BCUT2D eigenvalue weighted by Crippen LogP contribution is 2.35. The molecular weight excluding hydrogens is 234 g/mol. The second kappa shape index (κ2) is 6.85. The average Bonchev–Trinajstić information content (AvgIpc) is 2.48. The van der Waals surface area contributed by atoms with Gasteiger partial charge in [0.1, 0.15) is 6.29 Å². The Balaban J connectivity index is 1.99. The van der Waals surface area contributed by atoms with Gasteiger partial charge in [0.2, 0.25) is 0 Å². The van der Waals surface area contributed by atoms with Crippen LogP contribution in [0.5, 0.6) is 0 Å². The van der Waals surface area contributed by atoms with E-state index in [1.165, 1.54) is 31.1 Å². The van der Waals surface area contributed by atoms with Crippen molar-refractivity contribution in [3.05, 3.63) is 35.9 Å². The summed E-state index contributed by atoms with van der Waals surface area (Å²) in [6.07, 6.45) is 7.09. The standard InChI is InChI=1S/C17H25NO/c1-2-18(13-16-9-5-3-6-10-16)14-17(15-19)11-7-4-8-12-17/h3,5-6,9-10,15H,2,4,7-8,11-14H2,1H3. The second-order valence-electron chi connectivity index (χ2n) is 5.83. The minimum Gasteiger partial charge on any atom is -0.303 e. The molecule has 2 heteroatoms. The molecule has 2 rings (SSSR count). The molecule has 0 heterocycles. The normalized spacial score (nSPS) is 18.4. The Morgan fingerprint density at radius 1 is 1.16 bits per heavy atom. The van der Waals surface area contributed by atoms with E-state index >= 15 is 0 Å². The lowest BCUT2D eigenvalue weighted by molar-refractivity contribution is -0.119. The molecule has 0 saturated heterocycles. The van der Waals surface area contributed by atoms with E-state index in [9.17, 15) is 4.79 Å². The van der Waals surface area contributed by atoms with Gasteiger partial charge >= 0.3 is 0 Å². The smallest absolute Gasteiger partial charge is 0.127 e. The van der Waals surface area contributed by atoms with Crippen molar-refractivity contribution in [1.29, 1.82) is 0 Å². The summed E-state index contributed by atoms with van der Waals surface area (Å²) >= 11 is 0. The van der Waals surface area contributed by atoms with Gasteiger partial charge in [-0.15, -0.1) is 0 Å². The van der Waals surface area contributed by atoms with Crippen molar-refractivity contribution in [3.8, 4) is 0 Å². The van der Waals surface area contributed by atoms with E-state index < -0.39 is 0 Å². The summed E-state index contributed by atoms with van der Waals surface area (Å²) in [5, 5.41) is 0. The number of carbonyl (C=O) groups excluding carboxylic acids is 1. The van der Waals surface area contributed by atoms with Gasteiger partial charge in [0, 0.05) is 18.5 Å². The fourth-order valence-corrected chi connectivity index (χ4v) is 3.14. The quantitative estimate of drug-likeness (QED) is 0.727. The number of nitrogens with zero attached hydrogens (tertiary/aromatic N) is 1. The minimum absolute atomic E-state index is 0.0803. The van der Waals surface area contributed by atoms with Gasteiger partial charge < -0.3 is 4.79 Å². The molecule has 0 spiro atoms. The zero-order valence-corrected chi connectivity index (χ0v) is 12.0. The first kappa shape index (κ1) is 14.3. The van der Waals surface area contributed by atoms with Crippen molar-refractivity contribution in [1.82, 2.24) is 4.90 Å². The number of aldehydes is 1. The maximum Gasteiger partial charge on any atom is 0.127 e. The highest BCUT2D eigenvalue weighted by atomic mass is 16.1. The molecule has 0 unspecified atom stereocenters. The minimum atomic E-state index is -0.0803. The predicted molar refractivity (Wildman–Crippen MR) is 79.0 cm³/mol. The van der Waals surface area contributed by atoms with Gasteiger partial charge in [-0.1, -0.05) is 56.5 Å². The molecular formula is C17H25NO. The van der Waals surface area contributed by atoms with E-state index in [4.69, 9.17) is 0 Å². The Morgan fingerprint density at radius 3 is 2.42 bits per heavy atom. The molecule has 1 fully saturated rings. The number of hydrogen-bond donors (Lipinski definition) is 0. The third-order valence-corrected chi connectivity index (χ3v) is 4.33. The van der Waals surface area contributed by atoms with Gasteiger partial charge in [-0.2, -0.15) is 0 Å². The van der Waals surface area contributed by atoms with Gasteiger partial charge in [0.15, 0.2) is 0 Å². The molecule has 0 N–H and O–H groups in total. The lowest BCUT2D eigenvalue weighted by atomic mass is 9.75. The molecule has 1 aromatic rings. The van der Waals surface area contributed by atoms with Crippen LogP contribution in [0.3, 0.4) is 0 Å². The maximum atomic E-state index is 11.6. The Kier molecular flexibility index (Phi) is 5.15. The molecule has 19 heavy (non-hydrogen) atoms.